The van der Waals surface area contributed by atoms with Crippen molar-refractivity contribution in [3.05, 3.63) is 129 Å². The minimum Gasteiger partial charge on any atom is -0.497 e. The molecule has 1 aromatic heterocycles. The van der Waals surface area contributed by atoms with Crippen molar-refractivity contribution in [3.63, 3.8) is 0 Å². The number of nitrogens with one attached hydrogen (secondary N) is 1. The van der Waals surface area contributed by atoms with E-state index in [2.05, 4.69) is 25.8 Å². The minimum absolute atomic E-state index is 0.111. The van der Waals surface area contributed by atoms with Crippen LogP contribution >= 0.6 is 0 Å². The first-order valence-electron chi connectivity index (χ1n) is 16.0. The van der Waals surface area contributed by atoms with Crippen LogP contribution in [0.1, 0.15) is 50.6 Å². The molecule has 0 radical (unpaired) electrons. The highest BCUT2D eigenvalue weighted by Gasteiger charge is 2.59. The summed E-state index contributed by atoms with van der Waals surface area (Å²) in [6.45, 7) is 11.6. The Morgan fingerprint density at radius 3 is 1.85 bits per heavy atom. The zero-order valence-corrected chi connectivity index (χ0v) is 29.8. The van der Waals surface area contributed by atoms with E-state index in [9.17, 15) is 9.59 Å². The number of aromatic nitrogens is 2. The molecule has 1 fully saturated rings. The number of rotatable bonds is 11. The molecule has 4 atom stereocenters. The Bertz CT molecular complexity index is 1750. The van der Waals surface area contributed by atoms with E-state index in [0.717, 1.165) is 21.3 Å². The van der Waals surface area contributed by atoms with Crippen LogP contribution in [-0.2, 0) is 19.5 Å². The number of benzene rings is 3. The van der Waals surface area contributed by atoms with Gasteiger partial charge in [-0.3, -0.25) is 14.3 Å². The molecule has 11 heteroatoms. The Kier molecular flexibility index (Phi) is 9.90. The number of H-pyrrole nitrogens is 1. The van der Waals surface area contributed by atoms with Gasteiger partial charge in [-0.1, -0.05) is 75.4 Å². The molecule has 4 aromatic rings. The van der Waals surface area contributed by atoms with Gasteiger partial charge in [-0.15, -0.1) is 0 Å². The van der Waals surface area contributed by atoms with Gasteiger partial charge in [0.25, 0.3) is 5.56 Å². The van der Waals surface area contributed by atoms with Crippen molar-refractivity contribution < 1.29 is 27.8 Å². The van der Waals surface area contributed by atoms with Crippen LogP contribution in [0, 0.1) is 0 Å². The number of halogens is 1. The van der Waals surface area contributed by atoms with Crippen molar-refractivity contribution >= 4 is 8.32 Å². The average molecular weight is 677 g/mol. The molecule has 0 spiro atoms. The molecule has 1 saturated heterocycles. The fourth-order valence-electron chi connectivity index (χ4n) is 5.92. The Hall–Kier alpha value is -4.03. The van der Waals surface area contributed by atoms with Gasteiger partial charge in [0.1, 0.15) is 29.3 Å². The first kappa shape index (κ1) is 35.3. The van der Waals surface area contributed by atoms with Crippen LogP contribution in [-0.4, -0.2) is 56.6 Å². The second-order valence-corrected chi connectivity index (χ2v) is 18.6. The van der Waals surface area contributed by atoms with Crippen molar-refractivity contribution in [1.82, 2.24) is 9.55 Å². The van der Waals surface area contributed by atoms with Gasteiger partial charge in [0, 0.05) is 12.3 Å². The maximum Gasteiger partial charge on any atom is 0.330 e. The molecule has 48 heavy (non-hydrogen) atoms. The van der Waals surface area contributed by atoms with Crippen molar-refractivity contribution in [1.29, 1.82) is 0 Å². The van der Waals surface area contributed by atoms with Gasteiger partial charge in [-0.2, -0.15) is 0 Å². The zero-order valence-electron chi connectivity index (χ0n) is 28.8. The third kappa shape index (κ3) is 6.64. The van der Waals surface area contributed by atoms with Gasteiger partial charge in [-0.05, 0) is 66.0 Å². The maximum absolute atomic E-state index is 17.3. The SMILES string of the molecule is COc1ccc(C(OC[C@H]2O[C@@H](n3ccc(=O)[nH]c3=O)[C@](C)(F)[C@@H]2O[Si](C)(C)C(C)(C)C)(c2ccccc2)c2ccc(OC)cc2)cc1. The van der Waals surface area contributed by atoms with Crippen LogP contribution in [0.4, 0.5) is 4.39 Å². The summed E-state index contributed by atoms with van der Waals surface area (Å²) in [6, 6.07) is 26.2. The van der Waals surface area contributed by atoms with Crippen LogP contribution in [0.2, 0.25) is 18.1 Å². The fourth-order valence-corrected chi connectivity index (χ4v) is 7.29. The Labute approximate surface area is 281 Å². The smallest absolute Gasteiger partial charge is 0.330 e. The molecule has 1 N–H and O–H groups in total. The number of aromatic amines is 1. The topological polar surface area (TPSA) is 101 Å². The van der Waals surface area contributed by atoms with E-state index in [-0.39, 0.29) is 11.6 Å². The molecule has 0 amide bonds. The monoisotopic (exact) mass is 676 g/mol. The summed E-state index contributed by atoms with van der Waals surface area (Å²) < 4.78 is 49.6. The molecular weight excluding hydrogens is 631 g/mol. The van der Waals surface area contributed by atoms with Gasteiger partial charge in [-0.25, -0.2) is 9.18 Å². The molecule has 3 aromatic carbocycles. The lowest BCUT2D eigenvalue weighted by molar-refractivity contribution is -0.0960. The Morgan fingerprint density at radius 1 is 0.854 bits per heavy atom. The van der Waals surface area contributed by atoms with Gasteiger partial charge >= 0.3 is 5.69 Å². The van der Waals surface area contributed by atoms with Crippen molar-refractivity contribution in [2.75, 3.05) is 20.8 Å². The first-order chi connectivity index (χ1) is 22.6. The third-order valence-electron chi connectivity index (χ3n) is 9.65. The fraction of sp³-hybridized carbons (Fsp3) is 0.405. The predicted molar refractivity (Wildman–Crippen MR) is 185 cm³/mol. The van der Waals surface area contributed by atoms with E-state index in [1.54, 1.807) is 14.2 Å². The zero-order chi connectivity index (χ0) is 34.9. The summed E-state index contributed by atoms with van der Waals surface area (Å²) in [5.41, 5.74) is -2.30. The highest BCUT2D eigenvalue weighted by molar-refractivity contribution is 6.74. The number of hydrogen-bond donors (Lipinski definition) is 1. The summed E-state index contributed by atoms with van der Waals surface area (Å²) in [6.07, 6.45) is -2.20. The van der Waals surface area contributed by atoms with Crippen molar-refractivity contribution in [3.8, 4) is 11.5 Å². The van der Waals surface area contributed by atoms with E-state index in [0.29, 0.717) is 11.5 Å². The van der Waals surface area contributed by atoms with E-state index in [4.69, 9.17) is 23.4 Å². The standard InChI is InChI=1S/C37H45FN2O7Si/c1-35(2,3)48(7,8)47-32-30(46-33(36(32,4)38)40-23-22-31(41)39-34(40)42)24-45-37(25-12-10-9-11-13-25,26-14-18-28(43-5)19-15-26)27-16-20-29(44-6)21-17-27/h9-23,30,32-33H,24H2,1-8H3,(H,39,41,42)/t30-,32-,33-,36-/m1/s1. The highest BCUT2D eigenvalue weighted by atomic mass is 28.4. The number of methoxy groups -OCH3 is 2. The molecule has 9 nitrogen and oxygen atoms in total. The molecule has 5 rings (SSSR count). The molecule has 0 bridgehead atoms. The Balaban J connectivity index is 1.65. The highest BCUT2D eigenvalue weighted by Crippen LogP contribution is 2.48. The third-order valence-corrected chi connectivity index (χ3v) is 14.1. The Morgan fingerprint density at radius 2 is 1.38 bits per heavy atom. The van der Waals surface area contributed by atoms with E-state index >= 15 is 4.39 Å². The van der Waals surface area contributed by atoms with E-state index in [1.807, 2.05) is 92.0 Å². The molecule has 0 aliphatic carbocycles. The maximum atomic E-state index is 17.3. The molecule has 2 heterocycles. The van der Waals surface area contributed by atoms with Gasteiger partial charge in [0.15, 0.2) is 20.2 Å². The molecular formula is C37H45FN2O7Si. The van der Waals surface area contributed by atoms with Crippen LogP contribution in [0.5, 0.6) is 11.5 Å². The van der Waals surface area contributed by atoms with Crippen LogP contribution < -0.4 is 20.7 Å². The average Bonchev–Trinajstić information content (AvgIpc) is 3.30. The lowest BCUT2D eigenvalue weighted by Gasteiger charge is -2.42. The number of alkyl halides is 1. The second kappa shape index (κ2) is 13.5. The lowest BCUT2D eigenvalue weighted by atomic mass is 9.80. The normalized spacial score (nSPS) is 21.6. The molecule has 1 aliphatic heterocycles. The minimum atomic E-state index is -2.59. The van der Waals surface area contributed by atoms with Gasteiger partial charge < -0.3 is 23.4 Å². The lowest BCUT2D eigenvalue weighted by Crippen LogP contribution is -2.53. The van der Waals surface area contributed by atoms with Gasteiger partial charge in [0.05, 0.1) is 20.8 Å². The second-order valence-electron chi connectivity index (χ2n) is 13.8. The van der Waals surface area contributed by atoms with E-state index < -0.39 is 49.3 Å². The van der Waals surface area contributed by atoms with Crippen molar-refractivity contribution in [2.24, 2.45) is 0 Å². The molecule has 0 unspecified atom stereocenters. The predicted octanol–water partition coefficient (Wildman–Crippen LogP) is 6.58. The number of nitrogens with zero attached hydrogens (tertiary/aromatic N) is 1. The summed E-state index contributed by atoms with van der Waals surface area (Å²) in [4.78, 5) is 27.0. The van der Waals surface area contributed by atoms with Crippen LogP contribution in [0.3, 0.4) is 0 Å². The summed E-state index contributed by atoms with van der Waals surface area (Å²) in [5.74, 6) is 1.36. The quantitative estimate of drug-likeness (QED) is 0.142. The van der Waals surface area contributed by atoms with Crippen LogP contribution in [0.25, 0.3) is 0 Å². The summed E-state index contributed by atoms with van der Waals surface area (Å²) in [5, 5.41) is -0.249. The molecule has 256 valence electrons. The summed E-state index contributed by atoms with van der Waals surface area (Å²) in [7, 11) is 0.627. The van der Waals surface area contributed by atoms with E-state index in [1.165, 1.54) is 19.2 Å². The first-order valence-corrected chi connectivity index (χ1v) is 18.9. The largest absolute Gasteiger partial charge is 0.497 e. The number of hydrogen-bond acceptors (Lipinski definition) is 7. The number of ether oxygens (including phenoxy) is 4. The van der Waals surface area contributed by atoms with Gasteiger partial charge in [0.2, 0.25) is 0 Å². The molecule has 0 saturated carbocycles. The molecule has 1 aliphatic rings. The summed E-state index contributed by atoms with van der Waals surface area (Å²) >= 11 is 0. The van der Waals surface area contributed by atoms with Crippen molar-refractivity contribution in [2.45, 2.75) is 75.5 Å². The van der Waals surface area contributed by atoms with Crippen LogP contribution in [0.15, 0.2) is 101 Å².